The van der Waals surface area contributed by atoms with Crippen LogP contribution in [0.4, 0.5) is 5.69 Å². The molecular formula is C11H14IN3. The molecule has 1 fully saturated rings. The summed E-state index contributed by atoms with van der Waals surface area (Å²) >= 11 is 0.359. The van der Waals surface area contributed by atoms with Crippen molar-refractivity contribution < 1.29 is 0 Å². The fourth-order valence-corrected chi connectivity index (χ4v) is 3.15. The lowest BCUT2D eigenvalue weighted by Gasteiger charge is -2.29. The standard InChI is InChI=1S/C11H14IN3/c1-2-11(10-7-12-10)14-8-9(1)15-5-3-13-4-6-15/h1-2,7-8,10,13H,3-6H2. The summed E-state index contributed by atoms with van der Waals surface area (Å²) in [6.07, 6.45) is 2.04. The highest BCUT2D eigenvalue weighted by Crippen LogP contribution is 2.38. The van der Waals surface area contributed by atoms with Crippen molar-refractivity contribution in [3.8, 4) is 0 Å². The summed E-state index contributed by atoms with van der Waals surface area (Å²) in [4.78, 5) is 6.95. The molecule has 0 saturated carbocycles. The molecule has 1 unspecified atom stereocenters. The first-order chi connectivity index (χ1) is 7.43. The average molecular weight is 315 g/mol. The Morgan fingerprint density at radius 2 is 2.13 bits per heavy atom. The second-order valence-corrected chi connectivity index (χ2v) is 6.61. The third-order valence-electron chi connectivity index (χ3n) is 2.79. The van der Waals surface area contributed by atoms with E-state index >= 15 is 0 Å². The number of hydrogen-bond acceptors (Lipinski definition) is 3. The molecule has 1 aromatic heterocycles. The van der Waals surface area contributed by atoms with Crippen molar-refractivity contribution in [2.75, 3.05) is 31.1 Å². The minimum absolute atomic E-state index is 0.359. The molecule has 1 aromatic rings. The quantitative estimate of drug-likeness (QED) is 0.659. The van der Waals surface area contributed by atoms with Crippen molar-refractivity contribution >= 4 is 30.4 Å². The van der Waals surface area contributed by atoms with E-state index in [0.717, 1.165) is 30.1 Å². The number of nitrogens with zero attached hydrogens (tertiary/aromatic N) is 2. The number of alkyl halides is 1. The lowest BCUT2D eigenvalue weighted by atomic mass is 10.2. The van der Waals surface area contributed by atoms with Crippen molar-refractivity contribution in [1.82, 2.24) is 10.3 Å². The number of anilines is 1. The van der Waals surface area contributed by atoms with Crippen LogP contribution in [0.5, 0.6) is 0 Å². The minimum Gasteiger partial charge on any atom is -0.368 e. The summed E-state index contributed by atoms with van der Waals surface area (Å²) < 4.78 is 3.16. The zero-order valence-electron chi connectivity index (χ0n) is 8.49. The maximum atomic E-state index is 4.55. The van der Waals surface area contributed by atoms with Crippen molar-refractivity contribution in [2.45, 2.75) is 3.92 Å². The van der Waals surface area contributed by atoms with Crippen molar-refractivity contribution in [1.29, 1.82) is 0 Å². The van der Waals surface area contributed by atoms with E-state index < -0.39 is 0 Å². The van der Waals surface area contributed by atoms with Gasteiger partial charge >= 0.3 is 0 Å². The van der Waals surface area contributed by atoms with Crippen LogP contribution in [-0.4, -0.2) is 35.2 Å². The van der Waals surface area contributed by atoms with Gasteiger partial charge in [-0.1, -0.05) is 0 Å². The Morgan fingerprint density at radius 1 is 1.33 bits per heavy atom. The molecular weight excluding hydrogens is 301 g/mol. The Balaban J connectivity index is 1.73. The number of nitrogens with one attached hydrogen (secondary N) is 1. The number of aromatic nitrogens is 1. The van der Waals surface area contributed by atoms with E-state index in [2.05, 4.69) is 31.3 Å². The summed E-state index contributed by atoms with van der Waals surface area (Å²) in [5, 5.41) is 3.36. The molecule has 3 heterocycles. The highest BCUT2D eigenvalue weighted by atomic mass is 127. The number of hydrogen-bond donors (Lipinski definition) is 1. The highest BCUT2D eigenvalue weighted by Gasteiger charge is 2.17. The molecule has 1 N–H and O–H groups in total. The van der Waals surface area contributed by atoms with E-state index in [1.165, 1.54) is 11.4 Å². The van der Waals surface area contributed by atoms with E-state index in [1.807, 2.05) is 6.20 Å². The molecule has 3 rings (SSSR count). The van der Waals surface area contributed by atoms with Crippen molar-refractivity contribution in [3.63, 3.8) is 0 Å². The first-order valence-corrected chi connectivity index (χ1v) is 7.79. The van der Waals surface area contributed by atoms with E-state index in [1.54, 1.807) is 0 Å². The second kappa shape index (κ2) is 4.17. The van der Waals surface area contributed by atoms with Gasteiger partial charge < -0.3 is 10.2 Å². The topological polar surface area (TPSA) is 28.2 Å². The van der Waals surface area contributed by atoms with Gasteiger partial charge in [0.25, 0.3) is 0 Å². The molecule has 80 valence electrons. The molecule has 0 aromatic carbocycles. The molecule has 0 aliphatic carbocycles. The fraction of sp³-hybridized carbons (Fsp3) is 0.455. The predicted octanol–water partition coefficient (Wildman–Crippen LogP) is 1.32. The molecule has 0 amide bonds. The van der Waals surface area contributed by atoms with Crippen LogP contribution in [-0.2, 0) is 0 Å². The van der Waals surface area contributed by atoms with Gasteiger partial charge in [-0.2, -0.15) is 0 Å². The van der Waals surface area contributed by atoms with Gasteiger partial charge in [-0.3, -0.25) is 4.98 Å². The maximum absolute atomic E-state index is 4.55. The summed E-state index contributed by atoms with van der Waals surface area (Å²) in [6.45, 7) is 4.38. The van der Waals surface area contributed by atoms with Crippen LogP contribution >= 0.6 is 20.7 Å². The van der Waals surface area contributed by atoms with Crippen LogP contribution < -0.4 is 10.2 Å². The van der Waals surface area contributed by atoms with E-state index in [0.29, 0.717) is 20.7 Å². The highest BCUT2D eigenvalue weighted by molar-refractivity contribution is 14.2. The number of piperazine rings is 1. The van der Waals surface area contributed by atoms with Gasteiger partial charge in [0, 0.05) is 26.2 Å². The maximum Gasteiger partial charge on any atom is 0.0714 e. The van der Waals surface area contributed by atoms with Gasteiger partial charge in [0.1, 0.15) is 0 Å². The predicted molar refractivity (Wildman–Crippen MR) is 72.1 cm³/mol. The van der Waals surface area contributed by atoms with Crippen molar-refractivity contribution in [2.24, 2.45) is 0 Å². The zero-order chi connectivity index (χ0) is 10.1. The zero-order valence-corrected chi connectivity index (χ0v) is 10.6. The number of pyridine rings is 1. The van der Waals surface area contributed by atoms with Crippen LogP contribution in [0.25, 0.3) is 0 Å². The first kappa shape index (κ1) is 9.72. The SMILES string of the molecule is C1=IC1c1ccc(N2CCNCC2)cn1. The summed E-state index contributed by atoms with van der Waals surface area (Å²) in [5.41, 5.74) is 2.56. The molecule has 4 heteroatoms. The van der Waals surface area contributed by atoms with E-state index in [4.69, 9.17) is 0 Å². The van der Waals surface area contributed by atoms with Crippen LogP contribution in [0.3, 0.4) is 0 Å². The van der Waals surface area contributed by atoms with Gasteiger partial charge in [0.2, 0.25) is 0 Å². The molecule has 2 aliphatic rings. The molecule has 3 nitrogen and oxygen atoms in total. The Hall–Kier alpha value is -0.490. The monoisotopic (exact) mass is 315 g/mol. The molecule has 15 heavy (non-hydrogen) atoms. The summed E-state index contributed by atoms with van der Waals surface area (Å²) in [6, 6.07) is 4.43. The Morgan fingerprint density at radius 3 is 2.73 bits per heavy atom. The molecule has 0 radical (unpaired) electrons. The van der Waals surface area contributed by atoms with Gasteiger partial charge in [-0.25, -0.2) is 0 Å². The normalized spacial score (nSPS) is 24.8. The Labute approximate surface area is 99.6 Å². The average Bonchev–Trinajstić information content (AvgIpc) is 3.15. The Bertz CT molecular complexity index is 362. The smallest absolute Gasteiger partial charge is 0.0714 e. The fourth-order valence-electron chi connectivity index (χ4n) is 1.84. The molecule has 1 atom stereocenters. The second-order valence-electron chi connectivity index (χ2n) is 3.83. The lowest BCUT2D eigenvalue weighted by Crippen LogP contribution is -2.43. The first-order valence-electron chi connectivity index (χ1n) is 5.30. The van der Waals surface area contributed by atoms with Gasteiger partial charge in [0.15, 0.2) is 0 Å². The largest absolute Gasteiger partial charge is 0.368 e. The third-order valence-corrected chi connectivity index (χ3v) is 4.86. The van der Waals surface area contributed by atoms with E-state index in [-0.39, 0.29) is 0 Å². The van der Waals surface area contributed by atoms with Gasteiger partial charge in [-0.15, -0.1) is 20.7 Å². The van der Waals surface area contributed by atoms with Gasteiger partial charge in [0.05, 0.1) is 21.5 Å². The van der Waals surface area contributed by atoms with Crippen LogP contribution in [0, 0.1) is 0 Å². The summed E-state index contributed by atoms with van der Waals surface area (Å²) in [5.74, 6) is 0. The van der Waals surface area contributed by atoms with Gasteiger partial charge in [-0.05, 0) is 16.1 Å². The van der Waals surface area contributed by atoms with Crippen LogP contribution in [0.15, 0.2) is 18.3 Å². The number of rotatable bonds is 2. The lowest BCUT2D eigenvalue weighted by molar-refractivity contribution is 0.588. The molecule has 0 bridgehead atoms. The minimum atomic E-state index is 0.359. The van der Waals surface area contributed by atoms with Crippen LogP contribution in [0.2, 0.25) is 0 Å². The van der Waals surface area contributed by atoms with Crippen molar-refractivity contribution in [3.05, 3.63) is 24.0 Å². The Kier molecular flexibility index (Phi) is 2.70. The molecule has 2 aliphatic heterocycles. The summed E-state index contributed by atoms with van der Waals surface area (Å²) in [7, 11) is 0. The third kappa shape index (κ3) is 2.20. The van der Waals surface area contributed by atoms with Crippen LogP contribution in [0.1, 0.15) is 9.62 Å². The van der Waals surface area contributed by atoms with E-state index in [9.17, 15) is 0 Å². The molecule has 1 saturated heterocycles. The molecule has 0 spiro atoms. The number of halogens is 1.